The van der Waals surface area contributed by atoms with Gasteiger partial charge in [0.2, 0.25) is 0 Å². The zero-order valence-electron chi connectivity index (χ0n) is 15.8. The van der Waals surface area contributed by atoms with Gasteiger partial charge in [-0.1, -0.05) is 22.9 Å². The molecule has 0 bridgehead atoms. The minimum atomic E-state index is -0.0592. The van der Waals surface area contributed by atoms with Crippen LogP contribution in [-0.4, -0.2) is 43.0 Å². The third-order valence-corrected chi connectivity index (χ3v) is 5.62. The average molecular weight is 424 g/mol. The largest absolute Gasteiger partial charge is 0.308 e. The van der Waals surface area contributed by atoms with Crippen LogP contribution in [-0.2, 0) is 0 Å². The highest BCUT2D eigenvalue weighted by Crippen LogP contribution is 2.31. The van der Waals surface area contributed by atoms with Crippen LogP contribution in [0.5, 0.6) is 0 Å². The third kappa shape index (κ3) is 4.99. The number of thiazole rings is 1. The third-order valence-electron chi connectivity index (χ3n) is 4.33. The summed E-state index contributed by atoms with van der Waals surface area (Å²) < 4.78 is 1.10. The SMILES string of the molecule is Cc1cc2nc(N(CCN(C)C)C(=O)c3ccc(Cl)cc3)sc2cc1C.Cl. The number of halogens is 2. The van der Waals surface area contributed by atoms with Crippen molar-refractivity contribution in [2.24, 2.45) is 0 Å². The monoisotopic (exact) mass is 423 g/mol. The second-order valence-corrected chi connectivity index (χ2v) is 8.11. The molecule has 4 nitrogen and oxygen atoms in total. The van der Waals surface area contributed by atoms with E-state index in [0.717, 1.165) is 21.9 Å². The first kappa shape index (κ1) is 21.6. The quantitative estimate of drug-likeness (QED) is 0.565. The van der Waals surface area contributed by atoms with Gasteiger partial charge < -0.3 is 4.90 Å². The minimum absolute atomic E-state index is 0. The van der Waals surface area contributed by atoms with Crippen LogP contribution in [0.1, 0.15) is 21.5 Å². The van der Waals surface area contributed by atoms with Gasteiger partial charge in [0, 0.05) is 23.7 Å². The van der Waals surface area contributed by atoms with Gasteiger partial charge in [-0.05, 0) is 75.5 Å². The zero-order chi connectivity index (χ0) is 18.8. The number of aryl methyl sites for hydroxylation is 2. The van der Waals surface area contributed by atoms with E-state index in [4.69, 9.17) is 16.6 Å². The molecule has 0 saturated heterocycles. The van der Waals surface area contributed by atoms with Crippen LogP contribution >= 0.6 is 35.3 Å². The van der Waals surface area contributed by atoms with Gasteiger partial charge in [-0.25, -0.2) is 4.98 Å². The molecule has 2 aromatic carbocycles. The Hall–Kier alpha value is -1.66. The Bertz CT molecular complexity index is 899. The van der Waals surface area contributed by atoms with Gasteiger partial charge in [-0.3, -0.25) is 9.69 Å². The van der Waals surface area contributed by atoms with Crippen molar-refractivity contribution in [2.75, 3.05) is 32.1 Å². The first-order valence-electron chi connectivity index (χ1n) is 8.45. The number of anilines is 1. The Morgan fingerprint density at radius 3 is 2.33 bits per heavy atom. The molecule has 0 fully saturated rings. The Kier molecular flexibility index (Phi) is 7.23. The molecule has 27 heavy (non-hydrogen) atoms. The topological polar surface area (TPSA) is 36.4 Å². The number of fused-ring (bicyclic) bond motifs is 1. The van der Waals surface area contributed by atoms with Crippen molar-refractivity contribution >= 4 is 56.6 Å². The Balaban J connectivity index is 0.00000261. The molecule has 0 N–H and O–H groups in total. The van der Waals surface area contributed by atoms with Gasteiger partial charge in [-0.2, -0.15) is 0 Å². The number of likely N-dealkylation sites (N-methyl/N-ethyl adjacent to an activating group) is 1. The standard InChI is InChI=1S/C20H22ClN3OS.ClH/c1-13-11-17-18(12-14(13)2)26-20(22-17)24(10-9-23(3)4)19(25)15-5-7-16(21)8-6-15;/h5-8,11-12H,9-10H2,1-4H3;1H. The first-order valence-corrected chi connectivity index (χ1v) is 9.64. The Morgan fingerprint density at radius 1 is 1.07 bits per heavy atom. The average Bonchev–Trinajstić information content (AvgIpc) is 2.98. The molecule has 1 heterocycles. The number of benzene rings is 2. The lowest BCUT2D eigenvalue weighted by Crippen LogP contribution is -2.36. The summed E-state index contributed by atoms with van der Waals surface area (Å²) in [5, 5.41) is 1.35. The van der Waals surface area contributed by atoms with Gasteiger partial charge in [0.25, 0.3) is 5.91 Å². The van der Waals surface area contributed by atoms with Crippen LogP contribution in [0.2, 0.25) is 5.02 Å². The smallest absolute Gasteiger partial charge is 0.260 e. The van der Waals surface area contributed by atoms with Crippen LogP contribution in [0, 0.1) is 13.8 Å². The van der Waals surface area contributed by atoms with E-state index in [0.29, 0.717) is 17.1 Å². The Labute approximate surface area is 175 Å². The maximum Gasteiger partial charge on any atom is 0.260 e. The van der Waals surface area contributed by atoms with E-state index in [1.807, 2.05) is 14.1 Å². The number of carbonyl (C=O) groups is 1. The molecule has 3 aromatic rings. The fourth-order valence-corrected chi connectivity index (χ4v) is 3.81. The van der Waals surface area contributed by atoms with Crippen LogP contribution < -0.4 is 4.90 Å². The second kappa shape index (κ2) is 9.02. The predicted octanol–water partition coefficient (Wildman–Crippen LogP) is 5.20. The number of nitrogens with zero attached hydrogens (tertiary/aromatic N) is 3. The number of rotatable bonds is 5. The molecule has 0 saturated carbocycles. The lowest BCUT2D eigenvalue weighted by Gasteiger charge is -2.22. The van der Waals surface area contributed by atoms with E-state index in [2.05, 4.69) is 30.9 Å². The lowest BCUT2D eigenvalue weighted by atomic mass is 10.1. The molecule has 0 aliphatic rings. The summed E-state index contributed by atoms with van der Waals surface area (Å²) in [6.07, 6.45) is 0. The number of hydrogen-bond acceptors (Lipinski definition) is 4. The van der Waals surface area contributed by atoms with Crippen molar-refractivity contribution in [2.45, 2.75) is 13.8 Å². The van der Waals surface area contributed by atoms with Gasteiger partial charge in [0.1, 0.15) is 0 Å². The predicted molar refractivity (Wildman–Crippen MR) is 118 cm³/mol. The molecule has 0 spiro atoms. The van der Waals surface area contributed by atoms with Gasteiger partial charge >= 0.3 is 0 Å². The molecule has 0 unspecified atom stereocenters. The molecule has 0 atom stereocenters. The summed E-state index contributed by atoms with van der Waals surface area (Å²) in [5.41, 5.74) is 3.99. The molecular weight excluding hydrogens is 401 g/mol. The highest BCUT2D eigenvalue weighted by Gasteiger charge is 2.21. The van der Waals surface area contributed by atoms with E-state index in [1.54, 1.807) is 40.5 Å². The van der Waals surface area contributed by atoms with E-state index < -0.39 is 0 Å². The number of amides is 1. The fourth-order valence-electron chi connectivity index (χ4n) is 2.62. The molecule has 0 radical (unpaired) electrons. The summed E-state index contributed by atoms with van der Waals surface area (Å²) >= 11 is 7.51. The van der Waals surface area contributed by atoms with Crippen molar-refractivity contribution in [1.82, 2.24) is 9.88 Å². The van der Waals surface area contributed by atoms with Gasteiger partial charge in [-0.15, -0.1) is 12.4 Å². The van der Waals surface area contributed by atoms with Crippen LogP contribution in [0.3, 0.4) is 0 Å². The van der Waals surface area contributed by atoms with Crippen molar-refractivity contribution in [3.05, 3.63) is 58.1 Å². The molecular formula is C20H23Cl2N3OS. The molecule has 0 aliphatic carbocycles. The first-order chi connectivity index (χ1) is 12.3. The normalized spacial score (nSPS) is 10.9. The molecule has 144 valence electrons. The Morgan fingerprint density at radius 2 is 1.70 bits per heavy atom. The summed E-state index contributed by atoms with van der Waals surface area (Å²) in [7, 11) is 3.99. The fraction of sp³-hybridized carbons (Fsp3) is 0.300. The highest BCUT2D eigenvalue weighted by molar-refractivity contribution is 7.22. The number of carbonyl (C=O) groups excluding carboxylic acids is 1. The number of hydrogen-bond donors (Lipinski definition) is 0. The van der Waals surface area contributed by atoms with E-state index in [-0.39, 0.29) is 18.3 Å². The maximum atomic E-state index is 13.1. The molecule has 1 amide bonds. The molecule has 3 rings (SSSR count). The summed E-state index contributed by atoms with van der Waals surface area (Å²) in [6.45, 7) is 5.51. The number of aromatic nitrogens is 1. The molecule has 7 heteroatoms. The molecule has 0 aliphatic heterocycles. The van der Waals surface area contributed by atoms with Gasteiger partial charge in [0.15, 0.2) is 5.13 Å². The lowest BCUT2D eigenvalue weighted by molar-refractivity contribution is 0.0985. The minimum Gasteiger partial charge on any atom is -0.308 e. The second-order valence-electron chi connectivity index (χ2n) is 6.67. The van der Waals surface area contributed by atoms with E-state index in [9.17, 15) is 4.79 Å². The summed E-state index contributed by atoms with van der Waals surface area (Å²) in [6, 6.07) is 11.2. The van der Waals surface area contributed by atoms with Crippen molar-refractivity contribution in [3.63, 3.8) is 0 Å². The van der Waals surface area contributed by atoms with E-state index in [1.165, 1.54) is 11.1 Å². The van der Waals surface area contributed by atoms with Crippen LogP contribution in [0.4, 0.5) is 5.13 Å². The van der Waals surface area contributed by atoms with Crippen molar-refractivity contribution < 1.29 is 4.79 Å². The van der Waals surface area contributed by atoms with E-state index >= 15 is 0 Å². The summed E-state index contributed by atoms with van der Waals surface area (Å²) in [4.78, 5) is 21.7. The zero-order valence-corrected chi connectivity index (χ0v) is 18.2. The summed E-state index contributed by atoms with van der Waals surface area (Å²) in [5.74, 6) is -0.0592. The van der Waals surface area contributed by atoms with Crippen LogP contribution in [0.25, 0.3) is 10.2 Å². The maximum absolute atomic E-state index is 13.1. The van der Waals surface area contributed by atoms with Crippen molar-refractivity contribution in [3.8, 4) is 0 Å². The van der Waals surface area contributed by atoms with Gasteiger partial charge in [0.05, 0.1) is 10.2 Å². The van der Waals surface area contributed by atoms with Crippen molar-refractivity contribution in [1.29, 1.82) is 0 Å². The highest BCUT2D eigenvalue weighted by atomic mass is 35.5. The van der Waals surface area contributed by atoms with Crippen LogP contribution in [0.15, 0.2) is 36.4 Å². The molecule has 1 aromatic heterocycles.